The summed E-state index contributed by atoms with van der Waals surface area (Å²) in [6.45, 7) is 3.55. The quantitative estimate of drug-likeness (QED) is 0.763. The number of quaternary nitrogens is 1. The van der Waals surface area contributed by atoms with E-state index in [1.165, 1.54) is 5.69 Å². The number of amides is 2. The summed E-state index contributed by atoms with van der Waals surface area (Å²) in [7, 11) is 1.85. The van der Waals surface area contributed by atoms with Gasteiger partial charge in [-0.3, -0.25) is 9.59 Å². The molecule has 1 saturated heterocycles. The molecule has 1 unspecified atom stereocenters. The van der Waals surface area contributed by atoms with Crippen molar-refractivity contribution in [1.82, 2.24) is 4.90 Å². The number of para-hydroxylation sites is 2. The van der Waals surface area contributed by atoms with E-state index in [9.17, 15) is 9.59 Å². The highest BCUT2D eigenvalue weighted by Crippen LogP contribution is 2.20. The van der Waals surface area contributed by atoms with Crippen molar-refractivity contribution < 1.29 is 14.5 Å². The maximum atomic E-state index is 12.6. The number of carbonyl (C=O) groups is 2. The molecule has 2 aromatic carbocycles. The van der Waals surface area contributed by atoms with Gasteiger partial charge in [0.2, 0.25) is 0 Å². The number of halogens is 1. The summed E-state index contributed by atoms with van der Waals surface area (Å²) in [6, 6.07) is 17.4. The Morgan fingerprint density at radius 1 is 0.964 bits per heavy atom. The normalized spacial score (nSPS) is 15.2. The van der Waals surface area contributed by atoms with E-state index >= 15 is 0 Å². The van der Waals surface area contributed by atoms with Crippen LogP contribution < -0.4 is 15.1 Å². The highest BCUT2D eigenvalue weighted by Gasteiger charge is 2.24. The van der Waals surface area contributed by atoms with Crippen molar-refractivity contribution >= 4 is 34.8 Å². The highest BCUT2D eigenvalue weighted by atomic mass is 35.5. The number of rotatable bonds is 6. The number of benzene rings is 2. The second-order valence-corrected chi connectivity index (χ2v) is 7.45. The van der Waals surface area contributed by atoms with E-state index in [1.54, 1.807) is 12.1 Å². The van der Waals surface area contributed by atoms with Crippen LogP contribution in [0.1, 0.15) is 0 Å². The minimum Gasteiger partial charge on any atom is -0.368 e. The van der Waals surface area contributed by atoms with Crippen molar-refractivity contribution in [1.29, 1.82) is 0 Å². The summed E-state index contributed by atoms with van der Waals surface area (Å²) in [5.74, 6) is -0.0805. The molecule has 2 N–H and O–H groups in total. The molecule has 6 nitrogen and oxygen atoms in total. The molecule has 0 bridgehead atoms. The third-order valence-corrected chi connectivity index (χ3v) is 5.15. The minimum absolute atomic E-state index is 0.0794. The number of carbonyl (C=O) groups excluding carboxylic acids is 2. The molecule has 0 saturated carbocycles. The molecule has 1 aliphatic heterocycles. The molecular formula is C21H26ClN4O2+. The van der Waals surface area contributed by atoms with Gasteiger partial charge in [0.1, 0.15) is 0 Å². The average Bonchev–Trinajstić information content (AvgIpc) is 2.70. The molecule has 1 fully saturated rings. The zero-order valence-electron chi connectivity index (χ0n) is 16.0. The molecule has 0 radical (unpaired) electrons. The van der Waals surface area contributed by atoms with Crippen molar-refractivity contribution in [3.63, 3.8) is 0 Å². The monoisotopic (exact) mass is 401 g/mol. The molecule has 7 heteroatoms. The third-order valence-electron chi connectivity index (χ3n) is 4.82. The Bertz CT molecular complexity index is 807. The minimum atomic E-state index is -0.160. The Morgan fingerprint density at radius 3 is 2.29 bits per heavy atom. The molecule has 3 rings (SSSR count). The van der Waals surface area contributed by atoms with Crippen molar-refractivity contribution in [2.24, 2.45) is 0 Å². The lowest BCUT2D eigenvalue weighted by Gasteiger charge is -2.36. The van der Waals surface area contributed by atoms with Crippen molar-refractivity contribution in [3.8, 4) is 0 Å². The SMILES string of the molecule is C[NH+](CC(=O)Nc1ccccc1Cl)CC(=O)N1CCN(c2ccccc2)CC1. The number of hydrogen-bond donors (Lipinski definition) is 2. The molecule has 2 amide bonds. The van der Waals surface area contributed by atoms with Gasteiger partial charge in [0.15, 0.2) is 13.1 Å². The van der Waals surface area contributed by atoms with Crippen LogP contribution in [0.2, 0.25) is 5.02 Å². The summed E-state index contributed by atoms with van der Waals surface area (Å²) in [5.41, 5.74) is 1.78. The molecule has 28 heavy (non-hydrogen) atoms. The van der Waals surface area contributed by atoms with Gasteiger partial charge in [-0.15, -0.1) is 0 Å². The lowest BCUT2D eigenvalue weighted by molar-refractivity contribution is -0.862. The average molecular weight is 402 g/mol. The number of likely N-dealkylation sites (N-methyl/N-ethyl adjacent to an activating group) is 1. The smallest absolute Gasteiger partial charge is 0.279 e. The number of anilines is 2. The second-order valence-electron chi connectivity index (χ2n) is 7.04. The van der Waals surface area contributed by atoms with Crippen LogP contribution >= 0.6 is 11.6 Å². The summed E-state index contributed by atoms with van der Waals surface area (Å²) in [6.07, 6.45) is 0. The largest absolute Gasteiger partial charge is 0.368 e. The first-order chi connectivity index (χ1) is 13.5. The summed E-state index contributed by atoms with van der Waals surface area (Å²) in [4.78, 5) is 29.8. The highest BCUT2D eigenvalue weighted by molar-refractivity contribution is 6.33. The fourth-order valence-electron chi connectivity index (χ4n) is 3.32. The molecule has 1 heterocycles. The van der Waals surface area contributed by atoms with E-state index in [-0.39, 0.29) is 18.4 Å². The van der Waals surface area contributed by atoms with Crippen LogP contribution in [0.25, 0.3) is 0 Å². The first kappa shape index (κ1) is 20.2. The Balaban J connectivity index is 1.43. The molecule has 1 aliphatic rings. The second kappa shape index (κ2) is 9.57. The Labute approximate surface area is 170 Å². The van der Waals surface area contributed by atoms with Crippen LogP contribution in [0.15, 0.2) is 54.6 Å². The summed E-state index contributed by atoms with van der Waals surface area (Å²) in [5, 5.41) is 3.30. The number of nitrogens with one attached hydrogen (secondary N) is 2. The molecule has 2 aromatic rings. The van der Waals surface area contributed by atoms with Gasteiger partial charge in [-0.2, -0.15) is 0 Å². The number of piperazine rings is 1. The van der Waals surface area contributed by atoms with Gasteiger partial charge >= 0.3 is 0 Å². The van der Waals surface area contributed by atoms with Crippen LogP contribution in [0, 0.1) is 0 Å². The topological polar surface area (TPSA) is 57.1 Å². The van der Waals surface area contributed by atoms with Crippen molar-refractivity contribution in [2.75, 3.05) is 56.5 Å². The number of hydrogen-bond acceptors (Lipinski definition) is 3. The fraction of sp³-hybridized carbons (Fsp3) is 0.333. The van der Waals surface area contributed by atoms with E-state index in [2.05, 4.69) is 22.3 Å². The predicted octanol–water partition coefficient (Wildman–Crippen LogP) is 1.14. The van der Waals surface area contributed by atoms with Crippen LogP contribution in [0.3, 0.4) is 0 Å². The van der Waals surface area contributed by atoms with E-state index in [4.69, 9.17) is 11.6 Å². The molecule has 1 atom stereocenters. The van der Waals surface area contributed by atoms with Gasteiger partial charge in [-0.05, 0) is 24.3 Å². The van der Waals surface area contributed by atoms with Gasteiger partial charge in [0.25, 0.3) is 11.8 Å². The van der Waals surface area contributed by atoms with Crippen LogP contribution in [-0.4, -0.2) is 63.0 Å². The molecule has 0 aliphatic carbocycles. The Kier molecular flexibility index (Phi) is 6.90. The van der Waals surface area contributed by atoms with Crippen molar-refractivity contribution in [2.45, 2.75) is 0 Å². The fourth-order valence-corrected chi connectivity index (χ4v) is 3.50. The molecule has 0 spiro atoms. The van der Waals surface area contributed by atoms with Crippen LogP contribution in [0.5, 0.6) is 0 Å². The van der Waals surface area contributed by atoms with E-state index in [0.717, 1.165) is 18.0 Å². The third kappa shape index (κ3) is 5.47. The Hall–Kier alpha value is -2.57. The standard InChI is InChI=1S/C21H25ClN4O2/c1-24(15-20(27)23-19-10-6-5-9-18(19)22)16-21(28)26-13-11-25(12-14-26)17-7-3-2-4-8-17/h2-10H,11-16H2,1H3,(H,23,27)/p+1. The van der Waals surface area contributed by atoms with Gasteiger partial charge in [-0.1, -0.05) is 41.9 Å². The van der Waals surface area contributed by atoms with Gasteiger partial charge in [-0.25, -0.2) is 0 Å². The van der Waals surface area contributed by atoms with E-state index in [0.29, 0.717) is 30.3 Å². The predicted molar refractivity (Wildman–Crippen MR) is 112 cm³/mol. The lowest BCUT2D eigenvalue weighted by Crippen LogP contribution is -3.11. The molecule has 0 aromatic heterocycles. The van der Waals surface area contributed by atoms with E-state index in [1.807, 2.05) is 42.3 Å². The zero-order chi connectivity index (χ0) is 19.9. The van der Waals surface area contributed by atoms with Crippen molar-refractivity contribution in [3.05, 3.63) is 59.6 Å². The first-order valence-electron chi connectivity index (χ1n) is 9.46. The van der Waals surface area contributed by atoms with Crippen LogP contribution in [0.4, 0.5) is 11.4 Å². The Morgan fingerprint density at radius 2 is 1.61 bits per heavy atom. The summed E-state index contributed by atoms with van der Waals surface area (Å²) < 4.78 is 0. The summed E-state index contributed by atoms with van der Waals surface area (Å²) >= 11 is 6.06. The van der Waals surface area contributed by atoms with E-state index < -0.39 is 0 Å². The van der Waals surface area contributed by atoms with Gasteiger partial charge in [0, 0.05) is 31.9 Å². The first-order valence-corrected chi connectivity index (χ1v) is 9.84. The van der Waals surface area contributed by atoms with Crippen LogP contribution in [-0.2, 0) is 9.59 Å². The lowest BCUT2D eigenvalue weighted by atomic mass is 10.2. The maximum Gasteiger partial charge on any atom is 0.279 e. The maximum absolute atomic E-state index is 12.6. The zero-order valence-corrected chi connectivity index (χ0v) is 16.8. The number of nitrogens with zero attached hydrogens (tertiary/aromatic N) is 2. The molecular weight excluding hydrogens is 376 g/mol. The van der Waals surface area contributed by atoms with Gasteiger partial charge < -0.3 is 20.0 Å². The van der Waals surface area contributed by atoms with Gasteiger partial charge in [0.05, 0.1) is 17.8 Å². The molecule has 148 valence electrons.